The van der Waals surface area contributed by atoms with Crippen LogP contribution in [-0.4, -0.2) is 33.4 Å². The SMILES string of the molecule is CCOC(=O)CCn1ncc2c1CCCC2CC(=O)O. The molecule has 1 N–H and O–H groups in total. The molecule has 0 aromatic carbocycles. The van der Waals surface area contributed by atoms with Crippen molar-refractivity contribution >= 4 is 11.9 Å². The molecule has 1 aromatic rings. The summed E-state index contributed by atoms with van der Waals surface area (Å²) in [6.07, 6.45) is 4.96. The first-order chi connectivity index (χ1) is 9.61. The van der Waals surface area contributed by atoms with Crippen LogP contribution in [0.25, 0.3) is 0 Å². The van der Waals surface area contributed by atoms with Crippen molar-refractivity contribution in [2.24, 2.45) is 0 Å². The van der Waals surface area contributed by atoms with Gasteiger partial charge in [0.15, 0.2) is 0 Å². The molecule has 1 aromatic heterocycles. The van der Waals surface area contributed by atoms with Crippen LogP contribution in [-0.2, 0) is 27.3 Å². The van der Waals surface area contributed by atoms with E-state index in [2.05, 4.69) is 5.10 Å². The standard InChI is InChI=1S/C14H20N2O4/c1-2-20-14(19)6-7-16-12-5-3-4-10(8-13(17)18)11(12)9-15-16/h9-10H,2-8H2,1H3,(H,17,18). The first-order valence-electron chi connectivity index (χ1n) is 7.03. The summed E-state index contributed by atoms with van der Waals surface area (Å²) in [5.41, 5.74) is 2.11. The van der Waals surface area contributed by atoms with E-state index in [0.717, 1.165) is 30.5 Å². The summed E-state index contributed by atoms with van der Waals surface area (Å²) in [7, 11) is 0. The molecule has 0 bridgehead atoms. The van der Waals surface area contributed by atoms with E-state index >= 15 is 0 Å². The van der Waals surface area contributed by atoms with Crippen LogP contribution in [0, 0.1) is 0 Å². The summed E-state index contributed by atoms with van der Waals surface area (Å²) in [5.74, 6) is -0.954. The molecule has 6 nitrogen and oxygen atoms in total. The van der Waals surface area contributed by atoms with E-state index in [1.165, 1.54) is 0 Å². The number of aryl methyl sites for hydroxylation is 1. The highest BCUT2D eigenvalue weighted by Crippen LogP contribution is 2.33. The number of fused-ring (bicyclic) bond motifs is 1. The fourth-order valence-corrected chi connectivity index (χ4v) is 2.76. The van der Waals surface area contributed by atoms with Gasteiger partial charge < -0.3 is 9.84 Å². The topological polar surface area (TPSA) is 81.4 Å². The number of nitrogens with zero attached hydrogens (tertiary/aromatic N) is 2. The fraction of sp³-hybridized carbons (Fsp3) is 0.643. The molecule has 0 fully saturated rings. The normalized spacial score (nSPS) is 17.6. The lowest BCUT2D eigenvalue weighted by molar-refractivity contribution is -0.143. The first kappa shape index (κ1) is 14.6. The summed E-state index contributed by atoms with van der Waals surface area (Å²) in [6.45, 7) is 2.66. The maximum Gasteiger partial charge on any atom is 0.307 e. The number of hydrogen-bond donors (Lipinski definition) is 1. The molecule has 0 aliphatic heterocycles. The van der Waals surface area contributed by atoms with Crippen LogP contribution < -0.4 is 0 Å². The molecule has 0 saturated heterocycles. The minimum Gasteiger partial charge on any atom is -0.481 e. The highest BCUT2D eigenvalue weighted by atomic mass is 16.5. The molecule has 2 rings (SSSR count). The van der Waals surface area contributed by atoms with Gasteiger partial charge in [-0.2, -0.15) is 5.10 Å². The smallest absolute Gasteiger partial charge is 0.307 e. The second kappa shape index (κ2) is 6.54. The molecule has 1 unspecified atom stereocenters. The Hall–Kier alpha value is -1.85. The molecule has 110 valence electrons. The number of carboxylic acids is 1. The summed E-state index contributed by atoms with van der Waals surface area (Å²) in [4.78, 5) is 22.3. The number of carbonyl (C=O) groups excluding carboxylic acids is 1. The maximum atomic E-state index is 11.4. The van der Waals surface area contributed by atoms with Crippen LogP contribution in [0.1, 0.15) is 49.8 Å². The largest absolute Gasteiger partial charge is 0.481 e. The molecule has 0 saturated carbocycles. The Morgan fingerprint density at radius 2 is 2.35 bits per heavy atom. The van der Waals surface area contributed by atoms with E-state index in [1.54, 1.807) is 13.1 Å². The zero-order chi connectivity index (χ0) is 14.5. The van der Waals surface area contributed by atoms with Gasteiger partial charge in [0, 0.05) is 5.69 Å². The van der Waals surface area contributed by atoms with Crippen molar-refractivity contribution in [1.29, 1.82) is 0 Å². The molecule has 6 heteroatoms. The van der Waals surface area contributed by atoms with Gasteiger partial charge in [-0.1, -0.05) is 0 Å². The van der Waals surface area contributed by atoms with Gasteiger partial charge in [-0.25, -0.2) is 0 Å². The lowest BCUT2D eigenvalue weighted by Gasteiger charge is -2.21. The van der Waals surface area contributed by atoms with Crippen molar-refractivity contribution in [1.82, 2.24) is 9.78 Å². The van der Waals surface area contributed by atoms with Crippen molar-refractivity contribution < 1.29 is 19.4 Å². The Morgan fingerprint density at radius 1 is 1.55 bits per heavy atom. The van der Waals surface area contributed by atoms with E-state index in [4.69, 9.17) is 9.84 Å². The number of esters is 1. The molecule has 1 atom stereocenters. The molecule has 1 aliphatic rings. The number of aromatic nitrogens is 2. The lowest BCUT2D eigenvalue weighted by Crippen LogP contribution is -2.17. The summed E-state index contributed by atoms with van der Waals surface area (Å²) in [5, 5.41) is 13.2. The van der Waals surface area contributed by atoms with E-state index in [0.29, 0.717) is 19.6 Å². The molecule has 1 aliphatic carbocycles. The van der Waals surface area contributed by atoms with Crippen LogP contribution in [0.4, 0.5) is 0 Å². The van der Waals surface area contributed by atoms with Crippen LogP contribution in [0.2, 0.25) is 0 Å². The lowest BCUT2D eigenvalue weighted by atomic mass is 9.85. The maximum absolute atomic E-state index is 11.4. The van der Waals surface area contributed by atoms with Crippen molar-refractivity contribution in [2.75, 3.05) is 6.61 Å². The van der Waals surface area contributed by atoms with Gasteiger partial charge in [-0.05, 0) is 37.7 Å². The first-order valence-corrected chi connectivity index (χ1v) is 7.03. The van der Waals surface area contributed by atoms with Crippen molar-refractivity contribution in [3.05, 3.63) is 17.5 Å². The molecular formula is C14H20N2O4. The predicted octanol–water partition coefficient (Wildman–Crippen LogP) is 1.73. The molecular weight excluding hydrogens is 260 g/mol. The average molecular weight is 280 g/mol. The molecule has 0 amide bonds. The highest BCUT2D eigenvalue weighted by molar-refractivity contribution is 5.69. The van der Waals surface area contributed by atoms with Gasteiger partial charge in [-0.15, -0.1) is 0 Å². The Labute approximate surface area is 117 Å². The zero-order valence-corrected chi connectivity index (χ0v) is 11.7. The second-order valence-electron chi connectivity index (χ2n) is 5.01. The Morgan fingerprint density at radius 3 is 3.05 bits per heavy atom. The van der Waals surface area contributed by atoms with Crippen LogP contribution in [0.3, 0.4) is 0 Å². The van der Waals surface area contributed by atoms with Gasteiger partial charge >= 0.3 is 11.9 Å². The van der Waals surface area contributed by atoms with E-state index < -0.39 is 5.97 Å². The molecule has 0 radical (unpaired) electrons. The third kappa shape index (κ3) is 3.37. The summed E-state index contributed by atoms with van der Waals surface area (Å²) < 4.78 is 6.72. The van der Waals surface area contributed by atoms with Gasteiger partial charge in [0.1, 0.15) is 0 Å². The van der Waals surface area contributed by atoms with Crippen molar-refractivity contribution in [3.63, 3.8) is 0 Å². The van der Waals surface area contributed by atoms with E-state index in [9.17, 15) is 9.59 Å². The quantitative estimate of drug-likeness (QED) is 0.802. The summed E-state index contributed by atoms with van der Waals surface area (Å²) >= 11 is 0. The third-order valence-corrected chi connectivity index (χ3v) is 3.64. The number of rotatable bonds is 6. The van der Waals surface area contributed by atoms with Crippen molar-refractivity contribution in [2.45, 2.75) is 51.5 Å². The number of hydrogen-bond acceptors (Lipinski definition) is 4. The zero-order valence-electron chi connectivity index (χ0n) is 11.7. The van der Waals surface area contributed by atoms with Crippen LogP contribution in [0.5, 0.6) is 0 Å². The molecule has 0 spiro atoms. The third-order valence-electron chi connectivity index (χ3n) is 3.64. The monoisotopic (exact) mass is 280 g/mol. The second-order valence-corrected chi connectivity index (χ2v) is 5.01. The summed E-state index contributed by atoms with van der Waals surface area (Å²) in [6, 6.07) is 0. The van der Waals surface area contributed by atoms with Gasteiger partial charge in [0.25, 0.3) is 0 Å². The average Bonchev–Trinajstić information content (AvgIpc) is 2.80. The van der Waals surface area contributed by atoms with Crippen LogP contribution >= 0.6 is 0 Å². The molecule has 20 heavy (non-hydrogen) atoms. The number of carbonyl (C=O) groups is 2. The predicted molar refractivity (Wildman–Crippen MR) is 71.4 cm³/mol. The fourth-order valence-electron chi connectivity index (χ4n) is 2.76. The van der Waals surface area contributed by atoms with Crippen LogP contribution in [0.15, 0.2) is 6.20 Å². The van der Waals surface area contributed by atoms with E-state index in [-0.39, 0.29) is 18.3 Å². The Bertz CT molecular complexity index is 495. The Balaban J connectivity index is 2.04. The van der Waals surface area contributed by atoms with Gasteiger partial charge in [0.05, 0.1) is 32.2 Å². The highest BCUT2D eigenvalue weighted by Gasteiger charge is 2.26. The number of ether oxygens (including phenoxy) is 1. The minimum absolute atomic E-state index is 0.0487. The van der Waals surface area contributed by atoms with Gasteiger partial charge in [-0.3, -0.25) is 14.3 Å². The molecule has 1 heterocycles. The van der Waals surface area contributed by atoms with Gasteiger partial charge in [0.2, 0.25) is 0 Å². The minimum atomic E-state index is -0.776. The van der Waals surface area contributed by atoms with E-state index in [1.807, 2.05) is 4.68 Å². The number of aliphatic carboxylic acids is 1. The Kier molecular flexibility index (Phi) is 4.76. The van der Waals surface area contributed by atoms with Crippen molar-refractivity contribution in [3.8, 4) is 0 Å². The number of carboxylic acid groups (broad SMARTS) is 1.